The van der Waals surface area contributed by atoms with Crippen molar-refractivity contribution < 1.29 is 14.3 Å². The molecule has 1 amide bonds. The highest BCUT2D eigenvalue weighted by molar-refractivity contribution is 6.31. The number of benzene rings is 1. The van der Waals surface area contributed by atoms with Gasteiger partial charge in [-0.25, -0.2) is 0 Å². The minimum absolute atomic E-state index is 0.0965. The first-order chi connectivity index (χ1) is 11.2. The van der Waals surface area contributed by atoms with Gasteiger partial charge in [0.15, 0.2) is 0 Å². The van der Waals surface area contributed by atoms with Crippen LogP contribution in [0.1, 0.15) is 16.8 Å². The second kappa shape index (κ2) is 6.83. The molecule has 1 saturated heterocycles. The molecule has 0 aliphatic carbocycles. The Bertz CT molecular complexity index is 696. The number of rotatable bonds is 4. The fraction of sp³-hybridized carbons (Fsp3) is 0.312. The van der Waals surface area contributed by atoms with Crippen LogP contribution in [0.3, 0.4) is 0 Å². The van der Waals surface area contributed by atoms with Crippen molar-refractivity contribution in [1.82, 2.24) is 15.1 Å². The van der Waals surface area contributed by atoms with Crippen LogP contribution in [0.4, 0.5) is 0 Å². The van der Waals surface area contributed by atoms with E-state index in [-0.39, 0.29) is 12.0 Å². The maximum absolute atomic E-state index is 12.7. The van der Waals surface area contributed by atoms with E-state index in [9.17, 15) is 4.79 Å². The zero-order chi connectivity index (χ0) is 16.2. The Morgan fingerprint density at radius 2 is 2.26 bits per heavy atom. The van der Waals surface area contributed by atoms with E-state index in [1.54, 1.807) is 41.4 Å². The van der Waals surface area contributed by atoms with Crippen molar-refractivity contribution in [1.29, 1.82) is 0 Å². The highest BCUT2D eigenvalue weighted by Gasteiger charge is 2.30. The average molecular weight is 334 g/mol. The van der Waals surface area contributed by atoms with Crippen LogP contribution in [0.2, 0.25) is 5.02 Å². The molecule has 2 heterocycles. The minimum atomic E-state index is -0.116. The molecule has 0 N–H and O–H groups in total. The van der Waals surface area contributed by atoms with Gasteiger partial charge >= 0.3 is 0 Å². The fourth-order valence-electron chi connectivity index (χ4n) is 2.55. The number of hydrogen-bond acceptors (Lipinski definition) is 5. The van der Waals surface area contributed by atoms with Gasteiger partial charge in [0.05, 0.1) is 19.2 Å². The standard InChI is InChI=1S/C16H16ClN3O3/c1-22-14-5-4-11(17)9-13(14)16(21)20-8-6-12(10-20)23-15-3-2-7-18-19-15/h2-5,7,9,12H,6,8,10H2,1H3/t12-/m0/s1. The molecule has 3 rings (SSSR count). The highest BCUT2D eigenvalue weighted by Crippen LogP contribution is 2.26. The summed E-state index contributed by atoms with van der Waals surface area (Å²) in [5, 5.41) is 8.17. The van der Waals surface area contributed by atoms with Gasteiger partial charge in [0, 0.05) is 30.3 Å². The first kappa shape index (κ1) is 15.6. The predicted molar refractivity (Wildman–Crippen MR) is 85.0 cm³/mol. The Morgan fingerprint density at radius 1 is 1.39 bits per heavy atom. The maximum atomic E-state index is 12.7. The molecule has 1 aromatic carbocycles. The van der Waals surface area contributed by atoms with E-state index in [1.807, 2.05) is 0 Å². The van der Waals surface area contributed by atoms with Gasteiger partial charge in [-0.1, -0.05) is 11.6 Å². The van der Waals surface area contributed by atoms with E-state index in [0.29, 0.717) is 35.3 Å². The quantitative estimate of drug-likeness (QED) is 0.859. The topological polar surface area (TPSA) is 64.5 Å². The number of halogens is 1. The van der Waals surface area contributed by atoms with Gasteiger partial charge in [-0.05, 0) is 24.3 Å². The summed E-state index contributed by atoms with van der Waals surface area (Å²) in [6.45, 7) is 1.10. The SMILES string of the molecule is COc1ccc(Cl)cc1C(=O)N1CC[C@H](Oc2cccnn2)C1. The van der Waals surface area contributed by atoms with Crippen molar-refractivity contribution in [3.8, 4) is 11.6 Å². The molecule has 6 nitrogen and oxygen atoms in total. The Hall–Kier alpha value is -2.34. The van der Waals surface area contributed by atoms with E-state index in [4.69, 9.17) is 21.1 Å². The summed E-state index contributed by atoms with van der Waals surface area (Å²) in [7, 11) is 1.53. The number of aromatic nitrogens is 2. The number of carbonyl (C=O) groups excluding carboxylic acids is 1. The van der Waals surface area contributed by atoms with Crippen molar-refractivity contribution >= 4 is 17.5 Å². The van der Waals surface area contributed by atoms with E-state index >= 15 is 0 Å². The van der Waals surface area contributed by atoms with Crippen molar-refractivity contribution in [2.45, 2.75) is 12.5 Å². The zero-order valence-corrected chi connectivity index (χ0v) is 13.4. The molecule has 1 fully saturated rings. The van der Waals surface area contributed by atoms with Crippen LogP contribution < -0.4 is 9.47 Å². The van der Waals surface area contributed by atoms with Gasteiger partial charge in [-0.15, -0.1) is 5.10 Å². The third kappa shape index (κ3) is 3.53. The third-order valence-corrected chi connectivity index (χ3v) is 3.89. The smallest absolute Gasteiger partial charge is 0.257 e. The number of nitrogens with zero attached hydrogens (tertiary/aromatic N) is 3. The van der Waals surface area contributed by atoms with E-state index in [2.05, 4.69) is 10.2 Å². The Morgan fingerprint density at radius 3 is 3.00 bits per heavy atom. The predicted octanol–water partition coefficient (Wildman–Crippen LogP) is 2.43. The van der Waals surface area contributed by atoms with E-state index in [0.717, 1.165) is 6.42 Å². The van der Waals surface area contributed by atoms with E-state index < -0.39 is 0 Å². The third-order valence-electron chi connectivity index (χ3n) is 3.66. The first-order valence-corrected chi connectivity index (χ1v) is 7.62. The Kier molecular flexibility index (Phi) is 4.62. The monoisotopic (exact) mass is 333 g/mol. The molecule has 2 aromatic rings. The van der Waals surface area contributed by atoms with Gasteiger partial charge < -0.3 is 14.4 Å². The van der Waals surface area contributed by atoms with Crippen LogP contribution in [0, 0.1) is 0 Å². The second-order valence-corrected chi connectivity index (χ2v) is 5.62. The van der Waals surface area contributed by atoms with Crippen molar-refractivity contribution in [3.05, 3.63) is 47.1 Å². The van der Waals surface area contributed by atoms with Gasteiger partial charge in [-0.2, -0.15) is 5.10 Å². The molecule has 7 heteroatoms. The molecular formula is C16H16ClN3O3. The number of methoxy groups -OCH3 is 1. The van der Waals surface area contributed by atoms with Crippen LogP contribution in [-0.2, 0) is 0 Å². The van der Waals surface area contributed by atoms with Crippen molar-refractivity contribution in [2.24, 2.45) is 0 Å². The summed E-state index contributed by atoms with van der Waals surface area (Å²) in [4.78, 5) is 14.4. The van der Waals surface area contributed by atoms with Crippen LogP contribution in [0.5, 0.6) is 11.6 Å². The summed E-state index contributed by atoms with van der Waals surface area (Å²) < 4.78 is 11.0. The molecule has 120 valence electrons. The zero-order valence-electron chi connectivity index (χ0n) is 12.6. The van der Waals surface area contributed by atoms with Crippen LogP contribution >= 0.6 is 11.6 Å². The molecular weight excluding hydrogens is 318 g/mol. The summed E-state index contributed by atoms with van der Waals surface area (Å²) >= 11 is 5.99. The van der Waals surface area contributed by atoms with Crippen LogP contribution in [0.25, 0.3) is 0 Å². The number of amides is 1. The number of likely N-dealkylation sites (tertiary alicyclic amines) is 1. The minimum Gasteiger partial charge on any atom is -0.496 e. The lowest BCUT2D eigenvalue weighted by atomic mass is 10.1. The maximum Gasteiger partial charge on any atom is 0.257 e. The number of hydrogen-bond donors (Lipinski definition) is 0. The summed E-state index contributed by atoms with van der Waals surface area (Å²) in [5.41, 5.74) is 0.458. The molecule has 1 atom stereocenters. The molecule has 0 spiro atoms. The molecule has 0 bridgehead atoms. The lowest BCUT2D eigenvalue weighted by Gasteiger charge is -2.18. The highest BCUT2D eigenvalue weighted by atomic mass is 35.5. The summed E-state index contributed by atoms with van der Waals surface area (Å²) in [6, 6.07) is 8.52. The molecule has 1 aromatic heterocycles. The number of carbonyl (C=O) groups is 1. The van der Waals surface area contributed by atoms with E-state index in [1.165, 1.54) is 7.11 Å². The molecule has 0 saturated carbocycles. The average Bonchev–Trinajstić information content (AvgIpc) is 3.03. The first-order valence-electron chi connectivity index (χ1n) is 7.24. The van der Waals surface area contributed by atoms with Crippen molar-refractivity contribution in [2.75, 3.05) is 20.2 Å². The number of ether oxygens (including phenoxy) is 2. The van der Waals surface area contributed by atoms with Gasteiger partial charge in [0.25, 0.3) is 5.91 Å². The molecule has 1 aliphatic rings. The van der Waals surface area contributed by atoms with Crippen LogP contribution in [0.15, 0.2) is 36.5 Å². The lowest BCUT2D eigenvalue weighted by Crippen LogP contribution is -2.31. The lowest BCUT2D eigenvalue weighted by molar-refractivity contribution is 0.0767. The fourth-order valence-corrected chi connectivity index (χ4v) is 2.72. The summed E-state index contributed by atoms with van der Waals surface area (Å²) in [6.07, 6.45) is 2.23. The summed E-state index contributed by atoms with van der Waals surface area (Å²) in [5.74, 6) is 0.861. The van der Waals surface area contributed by atoms with Gasteiger partial charge in [0.2, 0.25) is 5.88 Å². The largest absolute Gasteiger partial charge is 0.496 e. The van der Waals surface area contributed by atoms with Gasteiger partial charge in [-0.3, -0.25) is 4.79 Å². The van der Waals surface area contributed by atoms with Gasteiger partial charge in [0.1, 0.15) is 11.9 Å². The normalized spacial score (nSPS) is 17.1. The van der Waals surface area contributed by atoms with Crippen LogP contribution in [-0.4, -0.2) is 47.3 Å². The Labute approximate surface area is 139 Å². The second-order valence-electron chi connectivity index (χ2n) is 5.19. The molecule has 0 unspecified atom stereocenters. The Balaban J connectivity index is 1.69. The molecule has 23 heavy (non-hydrogen) atoms. The molecule has 0 radical (unpaired) electrons. The molecule has 1 aliphatic heterocycles. The van der Waals surface area contributed by atoms with Crippen molar-refractivity contribution in [3.63, 3.8) is 0 Å².